The Morgan fingerprint density at radius 2 is 1.91 bits per heavy atom. The van der Waals surface area contributed by atoms with Crippen LogP contribution in [-0.2, 0) is 17.8 Å². The minimum atomic E-state index is -0.431. The Hall–Kier alpha value is -2.97. The van der Waals surface area contributed by atoms with Gasteiger partial charge in [-0.1, -0.05) is 31.2 Å². The lowest BCUT2D eigenvalue weighted by molar-refractivity contribution is -0.384. The van der Waals surface area contributed by atoms with Crippen LogP contribution in [0, 0.1) is 16.0 Å². The van der Waals surface area contributed by atoms with E-state index < -0.39 is 4.92 Å². The fraction of sp³-hybridized carbons (Fsp3) is 0.480. The van der Waals surface area contributed by atoms with E-state index in [4.69, 9.17) is 4.74 Å². The SMILES string of the molecule is CC1CCCN(Cc2ccccc2CNc2ccc(C(=O)N3CCOCC3)cc2[N+](=O)[O-])C1. The standard InChI is InChI=1S/C25H32N4O4/c1-19-5-4-10-27(17-19)18-22-7-3-2-6-21(22)16-26-23-9-8-20(15-24(23)29(31)32)25(30)28-11-13-33-14-12-28/h2-3,6-9,15,19,26H,4-5,10-14,16-18H2,1H3. The molecule has 0 radical (unpaired) electrons. The number of nitro groups is 1. The molecule has 2 aliphatic heterocycles. The van der Waals surface area contributed by atoms with Gasteiger partial charge >= 0.3 is 0 Å². The zero-order chi connectivity index (χ0) is 23.2. The van der Waals surface area contributed by atoms with E-state index >= 15 is 0 Å². The van der Waals surface area contributed by atoms with Crippen molar-refractivity contribution in [1.82, 2.24) is 9.80 Å². The average Bonchev–Trinajstić information content (AvgIpc) is 2.83. The number of piperidine rings is 1. The van der Waals surface area contributed by atoms with Gasteiger partial charge in [-0.25, -0.2) is 0 Å². The van der Waals surface area contributed by atoms with Crippen molar-refractivity contribution in [2.24, 2.45) is 5.92 Å². The summed E-state index contributed by atoms with van der Waals surface area (Å²) in [6.45, 7) is 7.85. The van der Waals surface area contributed by atoms with Gasteiger partial charge in [0.15, 0.2) is 0 Å². The number of ether oxygens (including phenoxy) is 1. The normalized spacial score (nSPS) is 19.3. The van der Waals surface area contributed by atoms with Crippen LogP contribution >= 0.6 is 0 Å². The number of hydrogen-bond acceptors (Lipinski definition) is 6. The molecule has 0 aromatic heterocycles. The number of nitrogens with one attached hydrogen (secondary N) is 1. The Morgan fingerprint density at radius 3 is 2.64 bits per heavy atom. The second-order valence-electron chi connectivity index (χ2n) is 9.00. The second-order valence-corrected chi connectivity index (χ2v) is 9.00. The minimum Gasteiger partial charge on any atom is -0.378 e. The number of carbonyl (C=O) groups excluding carboxylic acids is 1. The summed E-state index contributed by atoms with van der Waals surface area (Å²) < 4.78 is 5.29. The number of nitro benzene ring substituents is 1. The first-order valence-corrected chi connectivity index (χ1v) is 11.7. The number of rotatable bonds is 7. The number of likely N-dealkylation sites (tertiary alicyclic amines) is 1. The van der Waals surface area contributed by atoms with E-state index in [9.17, 15) is 14.9 Å². The van der Waals surface area contributed by atoms with E-state index in [1.165, 1.54) is 24.5 Å². The van der Waals surface area contributed by atoms with Gasteiger partial charge in [0.2, 0.25) is 0 Å². The van der Waals surface area contributed by atoms with Crippen molar-refractivity contribution in [1.29, 1.82) is 0 Å². The molecule has 2 fully saturated rings. The van der Waals surface area contributed by atoms with Crippen LogP contribution in [0.2, 0.25) is 0 Å². The zero-order valence-electron chi connectivity index (χ0n) is 19.2. The summed E-state index contributed by atoms with van der Waals surface area (Å²) in [5, 5.41) is 15.0. The lowest BCUT2D eigenvalue weighted by atomic mass is 9.99. The summed E-state index contributed by atoms with van der Waals surface area (Å²) in [6, 6.07) is 12.9. The van der Waals surface area contributed by atoms with Crippen LogP contribution in [0.3, 0.4) is 0 Å². The second kappa shape index (κ2) is 10.8. The molecule has 1 amide bonds. The molecule has 8 heteroatoms. The molecule has 1 atom stereocenters. The highest BCUT2D eigenvalue weighted by molar-refractivity contribution is 5.95. The van der Waals surface area contributed by atoms with Crippen molar-refractivity contribution in [2.75, 3.05) is 44.7 Å². The molecule has 4 rings (SSSR count). The quantitative estimate of drug-likeness (QED) is 0.506. The monoisotopic (exact) mass is 452 g/mol. The van der Waals surface area contributed by atoms with E-state index in [2.05, 4.69) is 29.3 Å². The van der Waals surface area contributed by atoms with Crippen molar-refractivity contribution in [3.63, 3.8) is 0 Å². The van der Waals surface area contributed by atoms with Gasteiger partial charge in [-0.15, -0.1) is 0 Å². The summed E-state index contributed by atoms with van der Waals surface area (Å²) in [6.07, 6.45) is 2.51. The van der Waals surface area contributed by atoms with Crippen LogP contribution in [0.1, 0.15) is 41.3 Å². The van der Waals surface area contributed by atoms with Gasteiger partial charge in [0, 0.05) is 44.4 Å². The lowest BCUT2D eigenvalue weighted by Gasteiger charge is -2.31. The molecule has 0 aliphatic carbocycles. The van der Waals surface area contributed by atoms with Gasteiger partial charge in [0.25, 0.3) is 11.6 Å². The minimum absolute atomic E-state index is 0.0866. The van der Waals surface area contributed by atoms with Gasteiger partial charge < -0.3 is 15.0 Å². The van der Waals surface area contributed by atoms with E-state index in [-0.39, 0.29) is 11.6 Å². The van der Waals surface area contributed by atoms with E-state index in [0.717, 1.165) is 25.2 Å². The first kappa shape index (κ1) is 23.2. The topological polar surface area (TPSA) is 88.0 Å². The van der Waals surface area contributed by atoms with E-state index in [1.54, 1.807) is 17.0 Å². The third-order valence-electron chi connectivity index (χ3n) is 6.46. The maximum atomic E-state index is 12.7. The van der Waals surface area contributed by atoms with Crippen LogP contribution in [0.4, 0.5) is 11.4 Å². The summed E-state index contributed by atoms with van der Waals surface area (Å²) in [4.78, 5) is 28.2. The number of amides is 1. The van der Waals surface area contributed by atoms with Crippen LogP contribution < -0.4 is 5.32 Å². The highest BCUT2D eigenvalue weighted by Gasteiger charge is 2.23. The molecule has 2 heterocycles. The summed E-state index contributed by atoms with van der Waals surface area (Å²) >= 11 is 0. The van der Waals surface area contributed by atoms with Gasteiger partial charge in [-0.2, -0.15) is 0 Å². The highest BCUT2D eigenvalue weighted by atomic mass is 16.6. The van der Waals surface area contributed by atoms with E-state index in [0.29, 0.717) is 50.0 Å². The average molecular weight is 453 g/mol. The lowest BCUT2D eigenvalue weighted by Crippen LogP contribution is -2.40. The summed E-state index contributed by atoms with van der Waals surface area (Å²) in [7, 11) is 0. The van der Waals surface area contributed by atoms with Crippen molar-refractivity contribution in [3.05, 3.63) is 69.3 Å². The van der Waals surface area contributed by atoms with Gasteiger partial charge in [-0.3, -0.25) is 19.8 Å². The van der Waals surface area contributed by atoms with Crippen molar-refractivity contribution in [2.45, 2.75) is 32.9 Å². The zero-order valence-corrected chi connectivity index (χ0v) is 19.2. The van der Waals surface area contributed by atoms with Gasteiger partial charge in [-0.05, 0) is 48.6 Å². The third kappa shape index (κ3) is 5.89. The maximum Gasteiger partial charge on any atom is 0.293 e. The molecule has 8 nitrogen and oxygen atoms in total. The Labute approximate surface area is 194 Å². The molecule has 0 saturated carbocycles. The predicted molar refractivity (Wildman–Crippen MR) is 127 cm³/mol. The number of anilines is 1. The molecular formula is C25H32N4O4. The van der Waals surface area contributed by atoms with E-state index in [1.807, 2.05) is 12.1 Å². The Bertz CT molecular complexity index is 990. The smallest absolute Gasteiger partial charge is 0.293 e. The van der Waals surface area contributed by atoms with Crippen LogP contribution in [0.15, 0.2) is 42.5 Å². The fourth-order valence-electron chi connectivity index (χ4n) is 4.66. The number of nitrogens with zero attached hydrogens (tertiary/aromatic N) is 3. The van der Waals surface area contributed by atoms with Crippen LogP contribution in [0.5, 0.6) is 0 Å². The van der Waals surface area contributed by atoms with Gasteiger partial charge in [0.1, 0.15) is 5.69 Å². The molecule has 2 aromatic carbocycles. The van der Waals surface area contributed by atoms with Crippen molar-refractivity contribution >= 4 is 17.3 Å². The molecule has 0 spiro atoms. The van der Waals surface area contributed by atoms with Crippen molar-refractivity contribution in [3.8, 4) is 0 Å². The largest absolute Gasteiger partial charge is 0.378 e. The number of benzene rings is 2. The molecule has 2 aliphatic rings. The predicted octanol–water partition coefficient (Wildman–Crippen LogP) is 3.91. The summed E-state index contributed by atoms with van der Waals surface area (Å²) in [5.41, 5.74) is 3.02. The van der Waals surface area contributed by atoms with Crippen molar-refractivity contribution < 1.29 is 14.5 Å². The van der Waals surface area contributed by atoms with Gasteiger partial charge in [0.05, 0.1) is 18.1 Å². The molecule has 33 heavy (non-hydrogen) atoms. The number of morpholine rings is 1. The Morgan fingerprint density at radius 1 is 1.15 bits per heavy atom. The first-order chi connectivity index (χ1) is 16.0. The van der Waals surface area contributed by atoms with Crippen LogP contribution in [-0.4, -0.2) is 60.0 Å². The number of carbonyl (C=O) groups is 1. The first-order valence-electron chi connectivity index (χ1n) is 11.7. The number of hydrogen-bond donors (Lipinski definition) is 1. The molecule has 2 aromatic rings. The maximum absolute atomic E-state index is 12.7. The molecule has 2 saturated heterocycles. The van der Waals surface area contributed by atoms with Crippen LogP contribution in [0.25, 0.3) is 0 Å². The molecule has 1 unspecified atom stereocenters. The Balaban J connectivity index is 1.47. The Kier molecular flexibility index (Phi) is 7.57. The highest BCUT2D eigenvalue weighted by Crippen LogP contribution is 2.28. The summed E-state index contributed by atoms with van der Waals surface area (Å²) in [5.74, 6) is 0.513. The molecular weight excluding hydrogens is 420 g/mol. The molecule has 0 bridgehead atoms. The molecule has 176 valence electrons. The fourth-order valence-corrected chi connectivity index (χ4v) is 4.66. The molecule has 1 N–H and O–H groups in total. The third-order valence-corrected chi connectivity index (χ3v) is 6.46.